The predicted molar refractivity (Wildman–Crippen MR) is 78.4 cm³/mol. The normalized spacial score (nSPS) is 24.7. The number of benzene rings is 1. The van der Waals surface area contributed by atoms with E-state index in [0.717, 1.165) is 31.6 Å². The van der Waals surface area contributed by atoms with Gasteiger partial charge in [0, 0.05) is 19.1 Å². The Labute approximate surface area is 122 Å². The molecule has 0 radical (unpaired) electrons. The van der Waals surface area contributed by atoms with Gasteiger partial charge in [-0.1, -0.05) is 13.0 Å². The number of rotatable bonds is 2. The number of likely N-dealkylation sites (tertiary alicyclic amines) is 1. The molecule has 0 bridgehead atoms. The summed E-state index contributed by atoms with van der Waals surface area (Å²) in [6, 6.07) is 5.65. The summed E-state index contributed by atoms with van der Waals surface area (Å²) in [5.74, 6) is 0.327. The zero-order chi connectivity index (χ0) is 12.4. The molecule has 2 atom stereocenters. The van der Waals surface area contributed by atoms with Crippen LogP contribution in [0, 0.1) is 11.7 Å². The molecule has 0 amide bonds. The molecule has 2 rings (SSSR count). The number of piperidine rings is 1. The second kappa shape index (κ2) is 6.85. The first kappa shape index (κ1) is 15.9. The van der Waals surface area contributed by atoms with E-state index in [4.69, 9.17) is 5.73 Å². The van der Waals surface area contributed by atoms with Gasteiger partial charge in [0.05, 0.1) is 4.47 Å². The van der Waals surface area contributed by atoms with Crippen LogP contribution in [0.3, 0.4) is 0 Å². The third-order valence-electron chi connectivity index (χ3n) is 3.45. The van der Waals surface area contributed by atoms with Crippen molar-refractivity contribution >= 4 is 28.3 Å². The van der Waals surface area contributed by atoms with E-state index in [1.807, 2.05) is 6.07 Å². The fourth-order valence-electron chi connectivity index (χ4n) is 2.29. The summed E-state index contributed by atoms with van der Waals surface area (Å²) in [6.45, 7) is 4.99. The maximum Gasteiger partial charge on any atom is 0.137 e. The van der Waals surface area contributed by atoms with Crippen LogP contribution in [0.5, 0.6) is 0 Å². The molecule has 0 aliphatic carbocycles. The van der Waals surface area contributed by atoms with Gasteiger partial charge in [0.1, 0.15) is 5.82 Å². The van der Waals surface area contributed by atoms with E-state index in [1.165, 1.54) is 0 Å². The van der Waals surface area contributed by atoms with Crippen molar-refractivity contribution in [3.8, 4) is 0 Å². The summed E-state index contributed by atoms with van der Waals surface area (Å²) in [5.41, 5.74) is 7.01. The minimum atomic E-state index is -0.191. The highest BCUT2D eigenvalue weighted by Gasteiger charge is 2.22. The highest BCUT2D eigenvalue weighted by Crippen LogP contribution is 2.20. The van der Waals surface area contributed by atoms with E-state index in [9.17, 15) is 4.39 Å². The third kappa shape index (κ3) is 3.92. The van der Waals surface area contributed by atoms with Crippen molar-refractivity contribution in [1.82, 2.24) is 4.90 Å². The average molecular weight is 338 g/mol. The Morgan fingerprint density at radius 2 is 2.22 bits per heavy atom. The molecule has 1 aromatic carbocycles. The molecule has 1 aliphatic heterocycles. The molecular formula is C13H19BrClFN2. The van der Waals surface area contributed by atoms with Gasteiger partial charge in [-0.05, 0) is 52.5 Å². The van der Waals surface area contributed by atoms with E-state index >= 15 is 0 Å². The minimum Gasteiger partial charge on any atom is -0.327 e. The Morgan fingerprint density at radius 3 is 2.83 bits per heavy atom. The maximum absolute atomic E-state index is 13.4. The van der Waals surface area contributed by atoms with Crippen molar-refractivity contribution in [3.63, 3.8) is 0 Å². The standard InChI is InChI=1S/C13H18BrFN2.ClH/c1-9-7-17(5-4-13(9)16)8-10-2-3-11(14)12(15)6-10;/h2-3,6,9,13H,4-5,7-8,16H2,1H3;1H. The van der Waals surface area contributed by atoms with E-state index in [1.54, 1.807) is 12.1 Å². The maximum atomic E-state index is 13.4. The second-order valence-corrected chi connectivity index (χ2v) is 5.77. The number of nitrogens with zero attached hydrogens (tertiary/aromatic N) is 1. The van der Waals surface area contributed by atoms with Crippen LogP contribution in [0.25, 0.3) is 0 Å². The van der Waals surface area contributed by atoms with E-state index < -0.39 is 0 Å². The lowest BCUT2D eigenvalue weighted by Crippen LogP contribution is -2.45. The largest absolute Gasteiger partial charge is 0.327 e. The topological polar surface area (TPSA) is 29.3 Å². The Kier molecular flexibility index (Phi) is 6.05. The molecule has 1 heterocycles. The van der Waals surface area contributed by atoms with Crippen LogP contribution in [-0.4, -0.2) is 24.0 Å². The van der Waals surface area contributed by atoms with Gasteiger partial charge in [0.15, 0.2) is 0 Å². The van der Waals surface area contributed by atoms with Crippen LogP contribution >= 0.6 is 28.3 Å². The summed E-state index contributed by atoms with van der Waals surface area (Å²) >= 11 is 3.17. The van der Waals surface area contributed by atoms with Gasteiger partial charge in [0.25, 0.3) is 0 Å². The quantitative estimate of drug-likeness (QED) is 0.898. The molecular weight excluding hydrogens is 319 g/mol. The Morgan fingerprint density at radius 1 is 1.50 bits per heavy atom. The fourth-order valence-corrected chi connectivity index (χ4v) is 2.54. The molecule has 1 aliphatic rings. The number of hydrogen-bond acceptors (Lipinski definition) is 2. The molecule has 18 heavy (non-hydrogen) atoms. The van der Waals surface area contributed by atoms with Gasteiger partial charge in [-0.25, -0.2) is 4.39 Å². The molecule has 1 fully saturated rings. The zero-order valence-electron chi connectivity index (χ0n) is 10.4. The van der Waals surface area contributed by atoms with E-state index in [0.29, 0.717) is 16.4 Å². The highest BCUT2D eigenvalue weighted by atomic mass is 79.9. The van der Waals surface area contributed by atoms with Crippen molar-refractivity contribution in [1.29, 1.82) is 0 Å². The SMILES string of the molecule is CC1CN(Cc2ccc(Br)c(F)c2)CCC1N.Cl. The Balaban J connectivity index is 0.00000162. The van der Waals surface area contributed by atoms with Crippen LogP contribution < -0.4 is 5.73 Å². The van der Waals surface area contributed by atoms with Crippen LogP contribution in [0.4, 0.5) is 4.39 Å². The summed E-state index contributed by atoms with van der Waals surface area (Å²) in [4.78, 5) is 2.34. The van der Waals surface area contributed by atoms with Crippen LogP contribution in [0.2, 0.25) is 0 Å². The molecule has 0 spiro atoms. The molecule has 1 aromatic rings. The molecule has 0 saturated carbocycles. The zero-order valence-corrected chi connectivity index (χ0v) is 12.8. The summed E-state index contributed by atoms with van der Waals surface area (Å²) in [5, 5.41) is 0. The van der Waals surface area contributed by atoms with Crippen molar-refractivity contribution in [2.75, 3.05) is 13.1 Å². The Bertz CT molecular complexity index is 403. The van der Waals surface area contributed by atoms with Crippen LogP contribution in [0.1, 0.15) is 18.9 Å². The predicted octanol–water partition coefficient (Wildman–Crippen LogP) is 3.18. The first-order valence-corrected chi connectivity index (χ1v) is 6.77. The van der Waals surface area contributed by atoms with E-state index in [2.05, 4.69) is 27.8 Å². The number of hydrogen-bond donors (Lipinski definition) is 1. The van der Waals surface area contributed by atoms with Gasteiger partial charge in [-0.2, -0.15) is 0 Å². The third-order valence-corrected chi connectivity index (χ3v) is 4.09. The van der Waals surface area contributed by atoms with Crippen molar-refractivity contribution in [2.45, 2.75) is 25.9 Å². The molecule has 102 valence electrons. The van der Waals surface area contributed by atoms with Gasteiger partial charge in [-0.3, -0.25) is 4.90 Å². The second-order valence-electron chi connectivity index (χ2n) is 4.91. The van der Waals surface area contributed by atoms with Crippen LogP contribution in [-0.2, 0) is 6.54 Å². The summed E-state index contributed by atoms with van der Waals surface area (Å²) in [7, 11) is 0. The first-order chi connectivity index (χ1) is 8.06. The van der Waals surface area contributed by atoms with E-state index in [-0.39, 0.29) is 18.2 Å². The molecule has 2 N–H and O–H groups in total. The van der Waals surface area contributed by atoms with Crippen molar-refractivity contribution in [3.05, 3.63) is 34.1 Å². The first-order valence-electron chi connectivity index (χ1n) is 5.98. The van der Waals surface area contributed by atoms with Crippen molar-refractivity contribution in [2.24, 2.45) is 11.7 Å². The summed E-state index contributed by atoms with van der Waals surface area (Å²) < 4.78 is 13.9. The molecule has 0 aromatic heterocycles. The lowest BCUT2D eigenvalue weighted by atomic mass is 9.94. The highest BCUT2D eigenvalue weighted by molar-refractivity contribution is 9.10. The molecule has 2 unspecified atom stereocenters. The lowest BCUT2D eigenvalue weighted by molar-refractivity contribution is 0.157. The minimum absolute atomic E-state index is 0. The summed E-state index contributed by atoms with van der Waals surface area (Å²) in [6.07, 6.45) is 1.03. The number of halogens is 3. The lowest BCUT2D eigenvalue weighted by Gasteiger charge is -2.35. The van der Waals surface area contributed by atoms with Gasteiger partial charge in [-0.15, -0.1) is 12.4 Å². The molecule has 1 saturated heterocycles. The number of nitrogens with two attached hydrogens (primary N) is 1. The van der Waals surface area contributed by atoms with Crippen LogP contribution in [0.15, 0.2) is 22.7 Å². The van der Waals surface area contributed by atoms with Crippen molar-refractivity contribution < 1.29 is 4.39 Å². The fraction of sp³-hybridized carbons (Fsp3) is 0.538. The molecule has 2 nitrogen and oxygen atoms in total. The van der Waals surface area contributed by atoms with Gasteiger partial charge >= 0.3 is 0 Å². The Hall–Kier alpha value is -0.160. The van der Waals surface area contributed by atoms with Gasteiger partial charge in [0.2, 0.25) is 0 Å². The molecule has 5 heteroatoms. The monoisotopic (exact) mass is 336 g/mol. The smallest absolute Gasteiger partial charge is 0.137 e. The average Bonchev–Trinajstić information content (AvgIpc) is 2.29. The van der Waals surface area contributed by atoms with Gasteiger partial charge < -0.3 is 5.73 Å².